The molecule has 0 aliphatic rings. The van der Waals surface area contributed by atoms with Crippen LogP contribution in [0, 0.1) is 0 Å². The van der Waals surface area contributed by atoms with Gasteiger partial charge in [0.1, 0.15) is 5.69 Å². The van der Waals surface area contributed by atoms with Gasteiger partial charge >= 0.3 is 0 Å². The zero-order chi connectivity index (χ0) is 13.2. The summed E-state index contributed by atoms with van der Waals surface area (Å²) >= 11 is 0. The number of nitrogens with one attached hydrogen (secondary N) is 2. The second kappa shape index (κ2) is 4.41. The predicted molar refractivity (Wildman–Crippen MR) is 72.7 cm³/mol. The van der Waals surface area contributed by atoms with Crippen molar-refractivity contribution >= 4 is 28.1 Å². The molecule has 3 aromatic rings. The van der Waals surface area contributed by atoms with Crippen LogP contribution in [0.15, 0.2) is 42.9 Å². The molecule has 0 aliphatic heterocycles. The van der Waals surface area contributed by atoms with Crippen LogP contribution >= 0.6 is 0 Å². The van der Waals surface area contributed by atoms with Crippen LogP contribution in [0.1, 0.15) is 10.5 Å². The first-order valence-electron chi connectivity index (χ1n) is 5.68. The van der Waals surface area contributed by atoms with Crippen molar-refractivity contribution in [3.8, 4) is 0 Å². The third-order valence-corrected chi connectivity index (χ3v) is 2.83. The number of H-pyrrole nitrogens is 1. The molecular weight excluding hydrogens is 242 g/mol. The number of carbonyl (C=O) groups is 1. The minimum Gasteiger partial charge on any atom is -0.396 e. The van der Waals surface area contributed by atoms with Crippen molar-refractivity contribution in [1.82, 2.24) is 15.2 Å². The van der Waals surface area contributed by atoms with Gasteiger partial charge in [-0.15, -0.1) is 0 Å². The first kappa shape index (κ1) is 11.2. The van der Waals surface area contributed by atoms with Crippen LogP contribution in [0.25, 0.3) is 10.8 Å². The Morgan fingerprint density at radius 2 is 2.16 bits per heavy atom. The van der Waals surface area contributed by atoms with E-state index in [0.717, 1.165) is 10.8 Å². The zero-order valence-corrected chi connectivity index (χ0v) is 9.92. The van der Waals surface area contributed by atoms with Gasteiger partial charge in [0.05, 0.1) is 17.6 Å². The Morgan fingerprint density at radius 1 is 1.26 bits per heavy atom. The van der Waals surface area contributed by atoms with Gasteiger partial charge in [-0.05, 0) is 17.5 Å². The highest BCUT2D eigenvalue weighted by molar-refractivity contribution is 6.10. The number of fused-ring (bicyclic) bond motifs is 1. The number of aromatic nitrogens is 3. The maximum absolute atomic E-state index is 12.1. The molecule has 6 nitrogen and oxygen atoms in total. The van der Waals surface area contributed by atoms with Gasteiger partial charge in [-0.2, -0.15) is 5.10 Å². The quantitative estimate of drug-likeness (QED) is 0.648. The van der Waals surface area contributed by atoms with Crippen LogP contribution in [0.4, 0.5) is 11.4 Å². The van der Waals surface area contributed by atoms with Crippen molar-refractivity contribution in [2.45, 2.75) is 0 Å². The summed E-state index contributed by atoms with van der Waals surface area (Å²) in [6, 6.07) is 7.52. The number of carbonyl (C=O) groups excluding carboxylic acids is 1. The van der Waals surface area contributed by atoms with E-state index in [2.05, 4.69) is 20.5 Å². The monoisotopic (exact) mass is 253 g/mol. The topological polar surface area (TPSA) is 96.7 Å². The molecule has 1 aromatic carbocycles. The maximum atomic E-state index is 12.1. The molecule has 0 fully saturated rings. The van der Waals surface area contributed by atoms with Crippen LogP contribution in [-0.2, 0) is 0 Å². The van der Waals surface area contributed by atoms with E-state index in [1.54, 1.807) is 12.4 Å². The number of hydrogen-bond donors (Lipinski definition) is 3. The van der Waals surface area contributed by atoms with Gasteiger partial charge in [0.2, 0.25) is 0 Å². The molecule has 0 radical (unpaired) electrons. The molecule has 4 N–H and O–H groups in total. The summed E-state index contributed by atoms with van der Waals surface area (Å²) in [4.78, 5) is 16.1. The van der Waals surface area contributed by atoms with E-state index in [-0.39, 0.29) is 11.6 Å². The summed E-state index contributed by atoms with van der Waals surface area (Å²) in [5.74, 6) is -0.327. The second-order valence-corrected chi connectivity index (χ2v) is 4.06. The highest BCUT2D eigenvalue weighted by atomic mass is 16.2. The van der Waals surface area contributed by atoms with E-state index in [9.17, 15) is 4.79 Å². The summed E-state index contributed by atoms with van der Waals surface area (Å²) in [6.45, 7) is 0. The average Bonchev–Trinajstić information content (AvgIpc) is 2.85. The molecule has 19 heavy (non-hydrogen) atoms. The third kappa shape index (κ3) is 1.99. The molecule has 0 saturated carbocycles. The van der Waals surface area contributed by atoms with E-state index in [0.29, 0.717) is 11.4 Å². The van der Waals surface area contributed by atoms with Crippen molar-refractivity contribution in [1.29, 1.82) is 0 Å². The Balaban J connectivity index is 1.98. The maximum Gasteiger partial charge on any atom is 0.275 e. The fourth-order valence-electron chi connectivity index (χ4n) is 1.88. The van der Waals surface area contributed by atoms with Crippen molar-refractivity contribution in [3.63, 3.8) is 0 Å². The molecule has 0 aliphatic carbocycles. The lowest BCUT2D eigenvalue weighted by Gasteiger charge is -2.07. The smallest absolute Gasteiger partial charge is 0.275 e. The summed E-state index contributed by atoms with van der Waals surface area (Å²) in [5, 5.41) is 11.0. The van der Waals surface area contributed by atoms with E-state index >= 15 is 0 Å². The van der Waals surface area contributed by atoms with Crippen LogP contribution < -0.4 is 11.1 Å². The number of anilines is 2. The highest BCUT2D eigenvalue weighted by Gasteiger charge is 2.12. The molecule has 0 saturated heterocycles. The number of nitrogen functional groups attached to an aromatic ring is 1. The number of rotatable bonds is 2. The highest BCUT2D eigenvalue weighted by Crippen LogP contribution is 2.22. The van der Waals surface area contributed by atoms with Crippen LogP contribution in [-0.4, -0.2) is 21.1 Å². The predicted octanol–water partition coefficient (Wildman–Crippen LogP) is 1.79. The minimum absolute atomic E-state index is 0.251. The SMILES string of the molecule is Nc1cn[nH]c1C(=O)Nc1cccc2ccncc12. The number of pyridine rings is 1. The average molecular weight is 253 g/mol. The number of benzene rings is 1. The first-order valence-corrected chi connectivity index (χ1v) is 5.68. The Hall–Kier alpha value is -2.89. The normalized spacial score (nSPS) is 10.5. The van der Waals surface area contributed by atoms with Crippen molar-refractivity contribution in [3.05, 3.63) is 48.5 Å². The second-order valence-electron chi connectivity index (χ2n) is 4.06. The molecule has 2 aromatic heterocycles. The Bertz CT molecular complexity index is 744. The van der Waals surface area contributed by atoms with E-state index in [1.165, 1.54) is 6.20 Å². The lowest BCUT2D eigenvalue weighted by Crippen LogP contribution is -2.14. The minimum atomic E-state index is -0.327. The molecule has 6 heteroatoms. The van der Waals surface area contributed by atoms with Gasteiger partial charge < -0.3 is 11.1 Å². The lowest BCUT2D eigenvalue weighted by atomic mass is 10.1. The standard InChI is InChI=1S/C13H11N5O/c14-10-7-16-18-12(10)13(19)17-11-3-1-2-8-4-5-15-6-9(8)11/h1-7H,14H2,(H,16,18)(H,17,19). The zero-order valence-electron chi connectivity index (χ0n) is 9.92. The van der Waals surface area contributed by atoms with E-state index in [1.807, 2.05) is 24.3 Å². The number of hydrogen-bond acceptors (Lipinski definition) is 4. The molecule has 1 amide bonds. The van der Waals surface area contributed by atoms with Crippen molar-refractivity contribution < 1.29 is 4.79 Å². The fraction of sp³-hybridized carbons (Fsp3) is 0. The molecule has 0 unspecified atom stereocenters. The fourth-order valence-corrected chi connectivity index (χ4v) is 1.88. The summed E-state index contributed by atoms with van der Waals surface area (Å²) in [5.41, 5.74) is 6.89. The third-order valence-electron chi connectivity index (χ3n) is 2.83. The number of aromatic amines is 1. The summed E-state index contributed by atoms with van der Waals surface area (Å²) in [7, 11) is 0. The molecule has 3 rings (SSSR count). The Morgan fingerprint density at radius 3 is 2.95 bits per heavy atom. The molecule has 0 spiro atoms. The Labute approximate surface area is 108 Å². The van der Waals surface area contributed by atoms with Gasteiger partial charge in [0.25, 0.3) is 5.91 Å². The van der Waals surface area contributed by atoms with Crippen LogP contribution in [0.2, 0.25) is 0 Å². The lowest BCUT2D eigenvalue weighted by molar-refractivity contribution is 0.102. The number of nitrogens with zero attached hydrogens (tertiary/aromatic N) is 2. The van der Waals surface area contributed by atoms with Gasteiger partial charge in [0, 0.05) is 17.8 Å². The van der Waals surface area contributed by atoms with E-state index in [4.69, 9.17) is 5.73 Å². The largest absolute Gasteiger partial charge is 0.396 e. The molecule has 94 valence electrons. The van der Waals surface area contributed by atoms with E-state index < -0.39 is 0 Å². The summed E-state index contributed by atoms with van der Waals surface area (Å²) < 4.78 is 0. The summed E-state index contributed by atoms with van der Waals surface area (Å²) in [6.07, 6.45) is 4.82. The number of nitrogens with two attached hydrogens (primary N) is 1. The molecule has 0 bridgehead atoms. The molecular formula is C13H11N5O. The first-order chi connectivity index (χ1) is 9.25. The Kier molecular flexibility index (Phi) is 2.60. The van der Waals surface area contributed by atoms with Gasteiger partial charge in [-0.25, -0.2) is 0 Å². The molecule has 2 heterocycles. The van der Waals surface area contributed by atoms with Crippen molar-refractivity contribution in [2.24, 2.45) is 0 Å². The van der Waals surface area contributed by atoms with Crippen LogP contribution in [0.3, 0.4) is 0 Å². The number of amides is 1. The van der Waals surface area contributed by atoms with Crippen LogP contribution in [0.5, 0.6) is 0 Å². The van der Waals surface area contributed by atoms with Gasteiger partial charge in [-0.3, -0.25) is 14.9 Å². The van der Waals surface area contributed by atoms with Crippen molar-refractivity contribution in [2.75, 3.05) is 11.1 Å². The van der Waals surface area contributed by atoms with Gasteiger partial charge in [0.15, 0.2) is 0 Å². The van der Waals surface area contributed by atoms with Gasteiger partial charge in [-0.1, -0.05) is 12.1 Å². The molecule has 0 atom stereocenters.